The van der Waals surface area contributed by atoms with Crippen LogP contribution in [0.15, 0.2) is 84.0 Å². The molecule has 2 aromatic rings. The molecule has 37 heavy (non-hydrogen) atoms. The molecule has 2 aromatic carbocycles. The van der Waals surface area contributed by atoms with Crippen molar-refractivity contribution >= 4 is 29.3 Å². The molecule has 0 aliphatic heterocycles. The van der Waals surface area contributed by atoms with E-state index in [4.69, 9.17) is 10.2 Å². The third-order valence-corrected chi connectivity index (χ3v) is 6.62. The molecule has 0 aromatic heterocycles. The highest BCUT2D eigenvalue weighted by Gasteiger charge is 2.19. The minimum Gasteiger partial charge on any atom is -0.396 e. The van der Waals surface area contributed by atoms with Crippen molar-refractivity contribution in [2.45, 2.75) is 32.1 Å². The molecule has 1 aliphatic rings. The fourth-order valence-electron chi connectivity index (χ4n) is 4.33. The summed E-state index contributed by atoms with van der Waals surface area (Å²) in [6.45, 7) is 2.04. The first-order valence-electron chi connectivity index (χ1n) is 13.1. The van der Waals surface area contributed by atoms with Gasteiger partial charge in [-0.25, -0.2) is 0 Å². The SMILES string of the molecule is CN(CCCO)c1ccc(/C=C/C=C2\CCC/C(=C\C=C\c3ccc(N(C)CCCO)cc3)C2=O)cc1. The number of ketones is 1. The predicted octanol–water partition coefficient (Wildman–Crippen LogP) is 5.66. The fraction of sp³-hybridized carbons (Fsp3) is 0.344. The molecule has 3 rings (SSSR count). The first-order chi connectivity index (χ1) is 18.0. The number of hydrogen-bond donors (Lipinski definition) is 2. The summed E-state index contributed by atoms with van der Waals surface area (Å²) < 4.78 is 0. The number of aliphatic hydroxyl groups is 2. The van der Waals surface area contributed by atoms with Crippen LogP contribution in [-0.4, -0.2) is 56.4 Å². The standard InChI is InChI=1S/C32H40N2O3/c1-33(22-6-24-35)30-18-14-26(15-19-30)8-3-10-28-12-5-13-29(32(28)37)11-4-9-27-16-20-31(21-17-27)34(2)23-7-25-36/h3-4,8-11,14-21,35-36H,5-7,12-13,22-25H2,1-2H3/b8-3+,9-4+,28-10+,29-11+. The lowest BCUT2D eigenvalue weighted by Gasteiger charge is -2.18. The van der Waals surface area contributed by atoms with E-state index >= 15 is 0 Å². The molecule has 1 fully saturated rings. The van der Waals surface area contributed by atoms with E-state index in [9.17, 15) is 4.79 Å². The van der Waals surface area contributed by atoms with Crippen LogP contribution in [0.5, 0.6) is 0 Å². The maximum Gasteiger partial charge on any atom is 0.184 e. The van der Waals surface area contributed by atoms with Crippen LogP contribution in [0.4, 0.5) is 11.4 Å². The molecule has 0 amide bonds. The topological polar surface area (TPSA) is 64.0 Å². The average Bonchev–Trinajstić information content (AvgIpc) is 2.93. The normalized spacial score (nSPS) is 16.4. The van der Waals surface area contributed by atoms with Crippen molar-refractivity contribution in [3.05, 3.63) is 95.1 Å². The molecule has 0 spiro atoms. The first kappa shape index (κ1) is 28.2. The van der Waals surface area contributed by atoms with Crippen molar-refractivity contribution in [1.29, 1.82) is 0 Å². The van der Waals surface area contributed by atoms with Crippen LogP contribution in [0.2, 0.25) is 0 Å². The van der Waals surface area contributed by atoms with Crippen LogP contribution in [-0.2, 0) is 4.79 Å². The van der Waals surface area contributed by atoms with Crippen LogP contribution in [0.25, 0.3) is 12.2 Å². The lowest BCUT2D eigenvalue weighted by Crippen LogP contribution is -2.19. The number of carbonyl (C=O) groups excluding carboxylic acids is 1. The minimum atomic E-state index is 0.141. The van der Waals surface area contributed by atoms with E-state index in [1.807, 2.05) is 50.6 Å². The van der Waals surface area contributed by atoms with Gasteiger partial charge in [-0.2, -0.15) is 0 Å². The molecule has 0 unspecified atom stereocenters. The Hall–Kier alpha value is -3.41. The Morgan fingerprint density at radius 2 is 1.11 bits per heavy atom. The average molecular weight is 501 g/mol. The summed E-state index contributed by atoms with van der Waals surface area (Å²) in [7, 11) is 4.05. The van der Waals surface area contributed by atoms with Crippen molar-refractivity contribution in [3.8, 4) is 0 Å². The van der Waals surface area contributed by atoms with Crippen LogP contribution in [0.3, 0.4) is 0 Å². The zero-order valence-corrected chi connectivity index (χ0v) is 22.1. The first-order valence-corrected chi connectivity index (χ1v) is 13.1. The van der Waals surface area contributed by atoms with Gasteiger partial charge in [0.05, 0.1) is 0 Å². The number of anilines is 2. The smallest absolute Gasteiger partial charge is 0.184 e. The van der Waals surface area contributed by atoms with Crippen LogP contribution in [0.1, 0.15) is 43.2 Å². The number of carbonyl (C=O) groups is 1. The van der Waals surface area contributed by atoms with Gasteiger partial charge in [-0.05, 0) is 78.6 Å². The fourth-order valence-corrected chi connectivity index (χ4v) is 4.33. The molecule has 1 aliphatic carbocycles. The maximum absolute atomic E-state index is 13.0. The molecule has 5 nitrogen and oxygen atoms in total. The van der Waals surface area contributed by atoms with Crippen molar-refractivity contribution in [2.75, 3.05) is 50.2 Å². The second kappa shape index (κ2) is 15.0. The van der Waals surface area contributed by atoms with Crippen molar-refractivity contribution in [1.82, 2.24) is 0 Å². The lowest BCUT2D eigenvalue weighted by atomic mass is 9.88. The van der Waals surface area contributed by atoms with E-state index in [2.05, 4.69) is 58.3 Å². The Morgan fingerprint density at radius 1 is 0.703 bits per heavy atom. The van der Waals surface area contributed by atoms with E-state index in [1.165, 1.54) is 0 Å². The highest BCUT2D eigenvalue weighted by atomic mass is 16.3. The van der Waals surface area contributed by atoms with Crippen molar-refractivity contribution < 1.29 is 15.0 Å². The van der Waals surface area contributed by atoms with Gasteiger partial charge in [0.2, 0.25) is 0 Å². The Kier molecular flexibility index (Phi) is 11.4. The Bertz CT molecular complexity index is 1020. The second-order valence-corrected chi connectivity index (χ2v) is 9.47. The number of nitrogens with zero attached hydrogens (tertiary/aromatic N) is 2. The molecular weight excluding hydrogens is 460 g/mol. The molecule has 0 saturated heterocycles. The summed E-state index contributed by atoms with van der Waals surface area (Å²) in [4.78, 5) is 17.2. The third kappa shape index (κ3) is 8.88. The van der Waals surface area contributed by atoms with Crippen LogP contribution < -0.4 is 9.80 Å². The van der Waals surface area contributed by atoms with E-state index < -0.39 is 0 Å². The van der Waals surface area contributed by atoms with Gasteiger partial charge in [-0.3, -0.25) is 4.79 Å². The lowest BCUT2D eigenvalue weighted by molar-refractivity contribution is -0.113. The van der Waals surface area contributed by atoms with Crippen molar-refractivity contribution in [2.24, 2.45) is 0 Å². The van der Waals surface area contributed by atoms with E-state index in [1.54, 1.807) is 0 Å². The number of benzene rings is 2. The number of aliphatic hydroxyl groups excluding tert-OH is 2. The molecule has 0 heterocycles. The highest BCUT2D eigenvalue weighted by Crippen LogP contribution is 2.25. The summed E-state index contributed by atoms with van der Waals surface area (Å²) in [6.07, 6.45) is 16.0. The van der Waals surface area contributed by atoms with E-state index in [0.717, 1.165) is 78.8 Å². The molecule has 0 bridgehead atoms. The number of hydrogen-bond acceptors (Lipinski definition) is 5. The van der Waals surface area contributed by atoms with Gasteiger partial charge in [0.15, 0.2) is 5.78 Å². The Labute approximate surface area is 221 Å². The van der Waals surface area contributed by atoms with Crippen LogP contribution in [0, 0.1) is 0 Å². The predicted molar refractivity (Wildman–Crippen MR) is 156 cm³/mol. The van der Waals surface area contributed by atoms with E-state index in [0.29, 0.717) is 0 Å². The summed E-state index contributed by atoms with van der Waals surface area (Å²) in [6, 6.07) is 16.6. The molecule has 0 atom stereocenters. The molecule has 2 N–H and O–H groups in total. The zero-order chi connectivity index (χ0) is 26.5. The van der Waals surface area contributed by atoms with Gasteiger partial charge in [0.1, 0.15) is 0 Å². The molecule has 5 heteroatoms. The maximum atomic E-state index is 13.0. The molecule has 0 radical (unpaired) electrons. The Morgan fingerprint density at radius 3 is 1.49 bits per heavy atom. The Balaban J connectivity index is 1.57. The number of rotatable bonds is 12. The minimum absolute atomic E-state index is 0.141. The van der Waals surface area contributed by atoms with Gasteiger partial charge < -0.3 is 20.0 Å². The third-order valence-electron chi connectivity index (χ3n) is 6.62. The van der Waals surface area contributed by atoms with Crippen LogP contribution >= 0.6 is 0 Å². The summed E-state index contributed by atoms with van der Waals surface area (Å²) in [5.74, 6) is 0.141. The van der Waals surface area contributed by atoms with Gasteiger partial charge in [-0.1, -0.05) is 60.7 Å². The van der Waals surface area contributed by atoms with Gasteiger partial charge in [0, 0.05) is 51.8 Å². The molecule has 1 saturated carbocycles. The largest absolute Gasteiger partial charge is 0.396 e. The second-order valence-electron chi connectivity index (χ2n) is 9.47. The quantitative estimate of drug-likeness (QED) is 0.369. The monoisotopic (exact) mass is 500 g/mol. The summed E-state index contributed by atoms with van der Waals surface area (Å²) in [5, 5.41) is 18.0. The molecule has 196 valence electrons. The number of allylic oxidation sites excluding steroid dienone is 6. The number of Topliss-reactive ketones (excluding diaryl/α,β-unsaturated/α-hetero) is 1. The van der Waals surface area contributed by atoms with E-state index in [-0.39, 0.29) is 19.0 Å². The zero-order valence-electron chi connectivity index (χ0n) is 22.1. The summed E-state index contributed by atoms with van der Waals surface area (Å²) >= 11 is 0. The molecular formula is C32H40N2O3. The van der Waals surface area contributed by atoms with Gasteiger partial charge in [0.25, 0.3) is 0 Å². The van der Waals surface area contributed by atoms with Crippen molar-refractivity contribution in [3.63, 3.8) is 0 Å². The van der Waals surface area contributed by atoms with Gasteiger partial charge >= 0.3 is 0 Å². The summed E-state index contributed by atoms with van der Waals surface area (Å²) in [5.41, 5.74) is 6.13. The van der Waals surface area contributed by atoms with Gasteiger partial charge in [-0.15, -0.1) is 0 Å². The highest BCUT2D eigenvalue weighted by molar-refractivity contribution is 6.09.